The summed E-state index contributed by atoms with van der Waals surface area (Å²) >= 11 is 1.57. The first kappa shape index (κ1) is 25.2. The Morgan fingerprint density at radius 2 is 1.68 bits per heavy atom. The van der Waals surface area contributed by atoms with Gasteiger partial charge in [-0.2, -0.15) is 0 Å². The van der Waals surface area contributed by atoms with Gasteiger partial charge in [0.1, 0.15) is 0 Å². The van der Waals surface area contributed by atoms with E-state index in [9.17, 15) is 9.59 Å². The van der Waals surface area contributed by atoms with Crippen LogP contribution in [0.4, 0.5) is 0 Å². The normalized spacial score (nSPS) is 25.5. The third-order valence-electron chi connectivity index (χ3n) is 7.31. The highest BCUT2D eigenvalue weighted by molar-refractivity contribution is 8.00. The van der Waals surface area contributed by atoms with Gasteiger partial charge in [0.25, 0.3) is 5.91 Å². The second-order valence-electron chi connectivity index (χ2n) is 10.8. The maximum Gasteiger partial charge on any atom is 0.264 e. The largest absolute Gasteiger partial charge is 0.414 e. The Hall–Kier alpha value is -1.93. The summed E-state index contributed by atoms with van der Waals surface area (Å²) in [4.78, 5) is 29.9. The zero-order valence-corrected chi connectivity index (χ0v) is 22.6. The van der Waals surface area contributed by atoms with E-state index in [0.717, 1.165) is 10.5 Å². The number of thioether (sulfide) groups is 1. The lowest BCUT2D eigenvalue weighted by Gasteiger charge is -2.37. The molecule has 1 spiro atoms. The molecular formula is C27H35NO4SSi. The van der Waals surface area contributed by atoms with E-state index >= 15 is 0 Å². The van der Waals surface area contributed by atoms with Crippen molar-refractivity contribution in [1.29, 1.82) is 0 Å². The first-order valence-corrected chi connectivity index (χ1v) is 15.7. The molecule has 2 heterocycles. The van der Waals surface area contributed by atoms with Crippen molar-refractivity contribution in [3.05, 3.63) is 66.2 Å². The first-order valence-electron chi connectivity index (χ1n) is 11.9. The van der Waals surface area contributed by atoms with Crippen LogP contribution < -0.4 is 0 Å². The fourth-order valence-electron chi connectivity index (χ4n) is 4.29. The third-order valence-corrected chi connectivity index (χ3v) is 13.2. The van der Waals surface area contributed by atoms with E-state index < -0.39 is 13.9 Å². The van der Waals surface area contributed by atoms with Crippen LogP contribution >= 0.6 is 11.8 Å². The molecule has 0 bridgehead atoms. The van der Waals surface area contributed by atoms with Crippen LogP contribution in [0.3, 0.4) is 0 Å². The van der Waals surface area contributed by atoms with Crippen molar-refractivity contribution >= 4 is 31.8 Å². The molecule has 3 atom stereocenters. The van der Waals surface area contributed by atoms with Crippen LogP contribution in [0.2, 0.25) is 18.1 Å². The Kier molecular flexibility index (Phi) is 7.11. The number of carbonyl (C=O) groups is 2. The molecule has 2 aliphatic rings. The van der Waals surface area contributed by atoms with E-state index in [1.165, 1.54) is 0 Å². The van der Waals surface area contributed by atoms with Crippen LogP contribution in [0, 0.1) is 0 Å². The van der Waals surface area contributed by atoms with E-state index in [4.69, 9.17) is 9.16 Å². The van der Waals surface area contributed by atoms with Gasteiger partial charge in [-0.25, -0.2) is 0 Å². The molecule has 2 saturated heterocycles. The summed E-state index contributed by atoms with van der Waals surface area (Å²) in [7, 11) is -1.99. The Labute approximate surface area is 208 Å². The Bertz CT molecular complexity index is 1020. The van der Waals surface area contributed by atoms with E-state index in [2.05, 4.69) is 33.9 Å². The molecule has 0 radical (unpaired) electrons. The van der Waals surface area contributed by atoms with Crippen LogP contribution in [-0.2, 0) is 25.3 Å². The predicted octanol–water partition coefficient (Wildman–Crippen LogP) is 5.31. The minimum atomic E-state index is -1.99. The molecule has 0 saturated carbocycles. The van der Waals surface area contributed by atoms with Gasteiger partial charge >= 0.3 is 0 Å². The van der Waals surface area contributed by atoms with Crippen molar-refractivity contribution < 1.29 is 18.8 Å². The van der Waals surface area contributed by atoms with Gasteiger partial charge in [-0.15, -0.1) is 11.8 Å². The topological polar surface area (TPSA) is 55.8 Å². The van der Waals surface area contributed by atoms with Crippen LogP contribution in [0.25, 0.3) is 0 Å². The van der Waals surface area contributed by atoms with E-state index in [-0.39, 0.29) is 34.6 Å². The van der Waals surface area contributed by atoms with Crippen molar-refractivity contribution in [2.24, 2.45) is 0 Å². The molecule has 0 N–H and O–H groups in total. The van der Waals surface area contributed by atoms with Crippen LogP contribution in [0.1, 0.15) is 32.8 Å². The molecule has 2 aromatic rings. The molecule has 2 fully saturated rings. The van der Waals surface area contributed by atoms with Crippen LogP contribution in [0.15, 0.2) is 65.6 Å². The van der Waals surface area contributed by atoms with E-state index in [0.29, 0.717) is 19.6 Å². The van der Waals surface area contributed by atoms with E-state index in [1.54, 1.807) is 16.7 Å². The number of ether oxygens (including phenoxy) is 1. The number of likely N-dealkylation sites (tertiary alicyclic amines) is 1. The minimum absolute atomic E-state index is 0.0764. The van der Waals surface area contributed by atoms with Crippen molar-refractivity contribution in [2.75, 3.05) is 13.2 Å². The van der Waals surface area contributed by atoms with Crippen molar-refractivity contribution in [3.8, 4) is 0 Å². The van der Waals surface area contributed by atoms with Crippen LogP contribution in [-0.4, -0.2) is 55.0 Å². The number of hydrogen-bond donors (Lipinski definition) is 0. The third kappa shape index (κ3) is 4.89. The molecule has 4 rings (SSSR count). The van der Waals surface area contributed by atoms with Gasteiger partial charge in [0.15, 0.2) is 14.1 Å². The standard InChI is InChI=1S/C27H35NO4SSi/c1-26(2,3)34(4,5)31-19-21-16-24(33-22-14-10-7-11-15-22)27(32-21)23(29)18-28(25(27)30)17-20-12-8-6-9-13-20/h6-15,21,24H,16-19H2,1-5H3/t21-,24-,27+/m0/s1. The summed E-state index contributed by atoms with van der Waals surface area (Å²) in [6.07, 6.45) is 0.310. The van der Waals surface area contributed by atoms with Gasteiger partial charge in [0.05, 0.1) is 24.5 Å². The Balaban J connectivity index is 1.58. The summed E-state index contributed by atoms with van der Waals surface area (Å²) in [6.45, 7) is 11.9. The van der Waals surface area contributed by atoms with Gasteiger partial charge in [-0.3, -0.25) is 9.59 Å². The fourth-order valence-corrected chi connectivity index (χ4v) is 6.73. The average molecular weight is 498 g/mol. The highest BCUT2D eigenvalue weighted by atomic mass is 32.2. The summed E-state index contributed by atoms with van der Waals surface area (Å²) in [5.41, 5.74) is -0.444. The number of hydrogen-bond acceptors (Lipinski definition) is 5. The van der Waals surface area contributed by atoms with Gasteiger partial charge in [-0.05, 0) is 42.2 Å². The number of benzene rings is 2. The Morgan fingerprint density at radius 1 is 1.06 bits per heavy atom. The minimum Gasteiger partial charge on any atom is -0.414 e. The zero-order valence-electron chi connectivity index (χ0n) is 20.7. The summed E-state index contributed by atoms with van der Waals surface area (Å²) in [5, 5.41) is -0.212. The number of carbonyl (C=O) groups excluding carboxylic acids is 2. The molecule has 1 amide bonds. The van der Waals surface area contributed by atoms with Crippen molar-refractivity contribution in [1.82, 2.24) is 4.90 Å². The summed E-state index contributed by atoms with van der Waals surface area (Å²) < 4.78 is 12.9. The second-order valence-corrected chi connectivity index (χ2v) is 16.9. The number of Topliss-reactive ketones (excluding diaryl/α,β-unsaturated/α-hetero) is 1. The highest BCUT2D eigenvalue weighted by Gasteiger charge is 2.64. The average Bonchev–Trinajstić information content (AvgIpc) is 3.27. The molecule has 0 aliphatic carbocycles. The van der Waals surface area contributed by atoms with Crippen molar-refractivity contribution in [3.63, 3.8) is 0 Å². The molecular weight excluding hydrogens is 462 g/mol. The fraction of sp³-hybridized carbons (Fsp3) is 0.481. The number of nitrogens with zero attached hydrogens (tertiary/aromatic N) is 1. The van der Waals surface area contributed by atoms with Crippen LogP contribution in [0.5, 0.6) is 0 Å². The van der Waals surface area contributed by atoms with E-state index in [1.807, 2.05) is 60.7 Å². The molecule has 34 heavy (non-hydrogen) atoms. The number of rotatable bonds is 7. The zero-order chi connectivity index (χ0) is 24.6. The predicted molar refractivity (Wildman–Crippen MR) is 138 cm³/mol. The van der Waals surface area contributed by atoms with Gasteiger partial charge in [-0.1, -0.05) is 69.3 Å². The molecule has 182 valence electrons. The smallest absolute Gasteiger partial charge is 0.264 e. The molecule has 5 nitrogen and oxygen atoms in total. The molecule has 0 aromatic heterocycles. The monoisotopic (exact) mass is 497 g/mol. The van der Waals surface area contributed by atoms with Gasteiger partial charge in [0, 0.05) is 11.4 Å². The quantitative estimate of drug-likeness (QED) is 0.383. The van der Waals surface area contributed by atoms with Gasteiger partial charge in [0.2, 0.25) is 5.60 Å². The van der Waals surface area contributed by atoms with Crippen molar-refractivity contribution in [2.45, 2.75) is 73.7 Å². The molecule has 7 heteroatoms. The lowest BCUT2D eigenvalue weighted by molar-refractivity contribution is -0.154. The highest BCUT2D eigenvalue weighted by Crippen LogP contribution is 2.47. The summed E-state index contributed by atoms with van der Waals surface area (Å²) in [6, 6.07) is 19.7. The molecule has 2 aliphatic heterocycles. The molecule has 2 aromatic carbocycles. The number of ketones is 1. The second kappa shape index (κ2) is 9.61. The number of amides is 1. The SMILES string of the molecule is CC(C)(C)[Si](C)(C)OC[C@@H]1C[C@H](Sc2ccccc2)[C@]2(O1)C(=O)CN(Cc1ccccc1)C2=O. The summed E-state index contributed by atoms with van der Waals surface area (Å²) in [5.74, 6) is -0.360. The lowest BCUT2D eigenvalue weighted by atomic mass is 9.96. The maximum absolute atomic E-state index is 13.8. The molecule has 0 unspecified atom stereocenters. The lowest BCUT2D eigenvalue weighted by Crippen LogP contribution is -2.50. The first-order chi connectivity index (χ1) is 16.0. The Morgan fingerprint density at radius 3 is 2.29 bits per heavy atom. The van der Waals surface area contributed by atoms with Gasteiger partial charge < -0.3 is 14.1 Å². The maximum atomic E-state index is 13.8.